The highest BCUT2D eigenvalue weighted by molar-refractivity contribution is 6.04. The second kappa shape index (κ2) is 6.87. The van der Waals surface area contributed by atoms with E-state index in [-0.39, 0.29) is 24.5 Å². The fourth-order valence-electron chi connectivity index (χ4n) is 3.35. The molecule has 0 N–H and O–H groups in total. The first-order valence-electron chi connectivity index (χ1n) is 8.86. The zero-order valence-electron chi connectivity index (χ0n) is 15.3. The highest BCUT2D eigenvalue weighted by Gasteiger charge is 2.46. The number of hydrogen-bond donors (Lipinski definition) is 0. The first-order valence-corrected chi connectivity index (χ1v) is 8.86. The molecule has 1 unspecified atom stereocenters. The Labute approximate surface area is 163 Å². The Morgan fingerprint density at radius 3 is 2.52 bits per heavy atom. The Morgan fingerprint density at radius 2 is 1.83 bits per heavy atom. The van der Waals surface area contributed by atoms with Crippen molar-refractivity contribution in [3.63, 3.8) is 0 Å². The summed E-state index contributed by atoms with van der Waals surface area (Å²) < 4.78 is 42.0. The van der Waals surface area contributed by atoms with Crippen LogP contribution in [0.3, 0.4) is 0 Å². The molecule has 0 radical (unpaired) electrons. The highest BCUT2D eigenvalue weighted by Crippen LogP contribution is 2.39. The molecular formula is C19H16F3N5O2. The van der Waals surface area contributed by atoms with Gasteiger partial charge in [0.05, 0.1) is 11.4 Å². The van der Waals surface area contributed by atoms with Crippen molar-refractivity contribution in [2.45, 2.75) is 25.6 Å². The summed E-state index contributed by atoms with van der Waals surface area (Å²) in [6.45, 7) is 1.43. The van der Waals surface area contributed by atoms with E-state index >= 15 is 0 Å². The van der Waals surface area contributed by atoms with Crippen molar-refractivity contribution >= 4 is 11.7 Å². The summed E-state index contributed by atoms with van der Waals surface area (Å²) in [4.78, 5) is 26.4. The number of alkyl halides is 3. The lowest BCUT2D eigenvalue weighted by Gasteiger charge is -2.33. The van der Waals surface area contributed by atoms with E-state index in [1.807, 2.05) is 0 Å². The van der Waals surface area contributed by atoms with Gasteiger partial charge in [-0.2, -0.15) is 28.1 Å². The summed E-state index contributed by atoms with van der Waals surface area (Å²) in [6, 6.07) is 10.7. The Hall–Kier alpha value is -3.43. The van der Waals surface area contributed by atoms with E-state index in [1.165, 1.54) is 23.1 Å². The van der Waals surface area contributed by atoms with Gasteiger partial charge in [-0.05, 0) is 31.5 Å². The van der Waals surface area contributed by atoms with Crippen molar-refractivity contribution in [2.75, 3.05) is 11.4 Å². The summed E-state index contributed by atoms with van der Waals surface area (Å²) in [5, 5.41) is 8.06. The third-order valence-corrected chi connectivity index (χ3v) is 4.68. The molecule has 1 aromatic carbocycles. The molecule has 0 spiro atoms. The molecule has 0 bridgehead atoms. The molecule has 1 aliphatic rings. The summed E-state index contributed by atoms with van der Waals surface area (Å²) in [5.41, 5.74) is 0.369. The van der Waals surface area contributed by atoms with Crippen LogP contribution in [-0.2, 0) is 0 Å². The van der Waals surface area contributed by atoms with Crippen molar-refractivity contribution in [2.24, 2.45) is 0 Å². The summed E-state index contributed by atoms with van der Waals surface area (Å²) in [5.74, 6) is -0.545. The van der Waals surface area contributed by atoms with Crippen LogP contribution in [0.2, 0.25) is 0 Å². The van der Waals surface area contributed by atoms with Gasteiger partial charge in [-0.3, -0.25) is 14.5 Å². The number of nitrogens with zero attached hydrogens (tertiary/aromatic N) is 5. The van der Waals surface area contributed by atoms with E-state index in [2.05, 4.69) is 10.2 Å². The van der Waals surface area contributed by atoms with E-state index < -0.39 is 23.7 Å². The van der Waals surface area contributed by atoms with Crippen LogP contribution in [0.1, 0.15) is 28.6 Å². The molecule has 1 aliphatic heterocycles. The topological polar surface area (TPSA) is 73.0 Å². The average molecular weight is 403 g/mol. The largest absolute Gasteiger partial charge is 0.410 e. The van der Waals surface area contributed by atoms with Gasteiger partial charge in [0, 0.05) is 18.7 Å². The predicted molar refractivity (Wildman–Crippen MR) is 98.2 cm³/mol. The zero-order valence-corrected chi connectivity index (χ0v) is 15.3. The number of amides is 1. The van der Waals surface area contributed by atoms with Gasteiger partial charge in [0.15, 0.2) is 6.04 Å². The van der Waals surface area contributed by atoms with E-state index in [0.717, 1.165) is 9.36 Å². The number of carbonyl (C=O) groups is 1. The van der Waals surface area contributed by atoms with Crippen LogP contribution in [0.5, 0.6) is 0 Å². The van der Waals surface area contributed by atoms with Crippen molar-refractivity contribution in [1.29, 1.82) is 0 Å². The van der Waals surface area contributed by atoms with Gasteiger partial charge < -0.3 is 0 Å². The molecule has 0 saturated carbocycles. The molecular weight excluding hydrogens is 387 g/mol. The van der Waals surface area contributed by atoms with Crippen LogP contribution in [0.15, 0.2) is 53.3 Å². The van der Waals surface area contributed by atoms with Crippen LogP contribution in [0.25, 0.3) is 5.69 Å². The van der Waals surface area contributed by atoms with Crippen molar-refractivity contribution in [3.8, 4) is 5.69 Å². The average Bonchev–Trinajstić information content (AvgIpc) is 3.08. The van der Waals surface area contributed by atoms with Crippen LogP contribution >= 0.6 is 0 Å². The quantitative estimate of drug-likeness (QED) is 0.660. The van der Waals surface area contributed by atoms with Gasteiger partial charge in [-0.1, -0.05) is 18.2 Å². The highest BCUT2D eigenvalue weighted by atomic mass is 19.4. The van der Waals surface area contributed by atoms with Crippen molar-refractivity contribution in [1.82, 2.24) is 19.6 Å². The standard InChI is InChI=1S/C19H16F3N5O2/c1-12-11-16-25(10-9-15(19(20,21)22)27(16)23-12)18(29)14-7-8-17(28)26(24-14)13-5-3-2-4-6-13/h2-8,11,15H,9-10H2,1H3. The van der Waals surface area contributed by atoms with E-state index in [0.29, 0.717) is 11.4 Å². The molecule has 150 valence electrons. The summed E-state index contributed by atoms with van der Waals surface area (Å²) >= 11 is 0. The smallest absolute Gasteiger partial charge is 0.291 e. The van der Waals surface area contributed by atoms with Crippen LogP contribution < -0.4 is 10.5 Å². The van der Waals surface area contributed by atoms with Gasteiger partial charge in [0.1, 0.15) is 11.5 Å². The summed E-state index contributed by atoms with van der Waals surface area (Å²) in [6.07, 6.45) is -4.79. The lowest BCUT2D eigenvalue weighted by Crippen LogP contribution is -2.43. The number of halogens is 3. The summed E-state index contributed by atoms with van der Waals surface area (Å²) in [7, 11) is 0. The van der Waals surface area contributed by atoms with E-state index in [9.17, 15) is 22.8 Å². The predicted octanol–water partition coefficient (Wildman–Crippen LogP) is 2.89. The van der Waals surface area contributed by atoms with E-state index in [1.54, 1.807) is 37.3 Å². The first-order chi connectivity index (χ1) is 13.8. The lowest BCUT2D eigenvalue weighted by molar-refractivity contribution is -0.172. The van der Waals surface area contributed by atoms with Crippen molar-refractivity contribution < 1.29 is 18.0 Å². The molecule has 0 fully saturated rings. The Kier molecular flexibility index (Phi) is 4.48. The molecule has 4 rings (SSSR count). The minimum absolute atomic E-state index is 0.0516. The maximum atomic E-state index is 13.4. The second-order valence-electron chi connectivity index (χ2n) is 6.70. The van der Waals surface area contributed by atoms with E-state index in [4.69, 9.17) is 0 Å². The Morgan fingerprint density at radius 1 is 1.10 bits per heavy atom. The number of anilines is 1. The van der Waals surface area contributed by atoms with Gasteiger partial charge in [0.25, 0.3) is 11.5 Å². The number of rotatable bonds is 2. The molecule has 1 atom stereocenters. The van der Waals surface area contributed by atoms with Crippen molar-refractivity contribution in [3.05, 3.63) is 70.3 Å². The molecule has 0 aliphatic carbocycles. The lowest BCUT2D eigenvalue weighted by atomic mass is 10.1. The number of hydrogen-bond acceptors (Lipinski definition) is 4. The van der Waals surface area contributed by atoms with Crippen LogP contribution in [0.4, 0.5) is 19.0 Å². The fourth-order valence-corrected chi connectivity index (χ4v) is 3.35. The molecule has 10 heteroatoms. The molecule has 1 amide bonds. The molecule has 29 heavy (non-hydrogen) atoms. The number of fused-ring (bicyclic) bond motifs is 1. The molecule has 3 heterocycles. The number of benzene rings is 1. The second-order valence-corrected chi connectivity index (χ2v) is 6.70. The zero-order chi connectivity index (χ0) is 20.8. The van der Waals surface area contributed by atoms with Gasteiger partial charge in [-0.15, -0.1) is 0 Å². The normalized spacial score (nSPS) is 16.6. The maximum absolute atomic E-state index is 13.4. The molecule has 7 nitrogen and oxygen atoms in total. The monoisotopic (exact) mass is 403 g/mol. The van der Waals surface area contributed by atoms with Gasteiger partial charge in [-0.25, -0.2) is 4.68 Å². The Balaban J connectivity index is 1.73. The molecule has 3 aromatic rings. The molecule has 2 aromatic heterocycles. The maximum Gasteiger partial charge on any atom is 0.410 e. The number of carbonyl (C=O) groups excluding carboxylic acids is 1. The number of aryl methyl sites for hydroxylation is 1. The van der Waals surface area contributed by atoms with Gasteiger partial charge >= 0.3 is 6.18 Å². The van der Waals surface area contributed by atoms with Crippen LogP contribution in [0, 0.1) is 6.92 Å². The molecule has 0 saturated heterocycles. The third kappa shape index (κ3) is 3.41. The fraction of sp³-hybridized carbons (Fsp3) is 0.263. The number of para-hydroxylation sites is 1. The van der Waals surface area contributed by atoms with Gasteiger partial charge in [0.2, 0.25) is 0 Å². The Bertz CT molecular complexity index is 1120. The third-order valence-electron chi connectivity index (χ3n) is 4.68. The van der Waals surface area contributed by atoms with Crippen LogP contribution in [-0.4, -0.2) is 38.2 Å². The minimum atomic E-state index is -4.47. The number of aromatic nitrogens is 4. The SMILES string of the molecule is Cc1cc2n(n1)C(C(F)(F)F)CCN2C(=O)c1ccc(=O)n(-c2ccccc2)n1. The first kappa shape index (κ1) is 18.9. The minimum Gasteiger partial charge on any atom is -0.291 e.